The Hall–Kier alpha value is -3.09. The lowest BCUT2D eigenvalue weighted by Crippen LogP contribution is -2.33. The van der Waals surface area contributed by atoms with Gasteiger partial charge in [0.15, 0.2) is 6.10 Å². The molecule has 0 aromatic heterocycles. The van der Waals surface area contributed by atoms with Crippen molar-refractivity contribution < 1.29 is 17.9 Å². The van der Waals surface area contributed by atoms with Crippen LogP contribution in [-0.4, -0.2) is 50.9 Å². The summed E-state index contributed by atoms with van der Waals surface area (Å²) >= 11 is 0. The first-order valence-corrected chi connectivity index (χ1v) is 12.5. The number of ether oxygens (including phenoxy) is 1. The third-order valence-corrected chi connectivity index (χ3v) is 7.38. The van der Waals surface area contributed by atoms with Gasteiger partial charge in [0.25, 0.3) is 5.91 Å². The number of anilines is 2. The second-order valence-corrected chi connectivity index (χ2v) is 9.26. The molecular weight excluding hydrogens is 440 g/mol. The Bertz CT molecular complexity index is 1090. The molecule has 0 spiro atoms. The normalized spacial score (nSPS) is 12.2. The number of hydrogen-bond acceptors (Lipinski definition) is 6. The van der Waals surface area contributed by atoms with Crippen LogP contribution in [0.3, 0.4) is 0 Å². The maximum absolute atomic E-state index is 13.0. The zero-order chi connectivity index (χ0) is 24.6. The van der Waals surface area contributed by atoms with Crippen molar-refractivity contribution in [3.8, 4) is 11.8 Å². The molecule has 0 aliphatic heterocycles. The smallest absolute Gasteiger partial charge is 0.265 e. The van der Waals surface area contributed by atoms with Gasteiger partial charge in [-0.1, -0.05) is 13.8 Å². The van der Waals surface area contributed by atoms with E-state index in [4.69, 9.17) is 10.00 Å². The molecule has 1 amide bonds. The van der Waals surface area contributed by atoms with E-state index in [9.17, 15) is 13.2 Å². The average molecular weight is 473 g/mol. The highest BCUT2D eigenvalue weighted by Crippen LogP contribution is 2.30. The van der Waals surface area contributed by atoms with Gasteiger partial charge in [0, 0.05) is 26.2 Å². The van der Waals surface area contributed by atoms with Crippen molar-refractivity contribution in [2.75, 3.05) is 36.4 Å². The van der Waals surface area contributed by atoms with Crippen LogP contribution in [-0.2, 0) is 14.8 Å². The maximum atomic E-state index is 13.0. The fourth-order valence-corrected chi connectivity index (χ4v) is 4.91. The molecule has 0 bridgehead atoms. The third kappa shape index (κ3) is 6.24. The summed E-state index contributed by atoms with van der Waals surface area (Å²) < 4.78 is 33.2. The maximum Gasteiger partial charge on any atom is 0.265 e. The number of hydrogen-bond donors (Lipinski definition) is 1. The van der Waals surface area contributed by atoms with Crippen LogP contribution < -0.4 is 15.0 Å². The summed E-state index contributed by atoms with van der Waals surface area (Å²) in [4.78, 5) is 15.1. The number of rotatable bonds is 11. The van der Waals surface area contributed by atoms with Gasteiger partial charge < -0.3 is 15.0 Å². The second kappa shape index (κ2) is 11.7. The first-order valence-electron chi connectivity index (χ1n) is 11.1. The fourth-order valence-electron chi connectivity index (χ4n) is 3.43. The van der Waals surface area contributed by atoms with E-state index in [-0.39, 0.29) is 4.90 Å². The summed E-state index contributed by atoms with van der Waals surface area (Å²) in [5.74, 6) is 0.0450. The molecule has 2 aromatic carbocycles. The Labute approximate surface area is 196 Å². The van der Waals surface area contributed by atoms with Gasteiger partial charge in [-0.2, -0.15) is 9.57 Å². The molecule has 0 heterocycles. The van der Waals surface area contributed by atoms with Crippen molar-refractivity contribution in [3.63, 3.8) is 0 Å². The zero-order valence-corrected chi connectivity index (χ0v) is 20.6. The quantitative estimate of drug-likeness (QED) is 0.533. The van der Waals surface area contributed by atoms with Crippen molar-refractivity contribution in [1.29, 1.82) is 5.26 Å². The molecular formula is C24H32N4O4S. The number of nitrogens with zero attached hydrogens (tertiary/aromatic N) is 3. The minimum atomic E-state index is -3.68. The predicted octanol–water partition coefficient (Wildman–Crippen LogP) is 3.84. The van der Waals surface area contributed by atoms with E-state index in [1.54, 1.807) is 57.2 Å². The Balaban J connectivity index is 2.36. The van der Waals surface area contributed by atoms with E-state index < -0.39 is 22.0 Å². The van der Waals surface area contributed by atoms with Crippen LogP contribution >= 0.6 is 0 Å². The molecule has 1 N–H and O–H groups in total. The minimum absolute atomic E-state index is 0.123. The molecule has 1 unspecified atom stereocenters. The Morgan fingerprint density at radius 1 is 1.03 bits per heavy atom. The Morgan fingerprint density at radius 2 is 1.64 bits per heavy atom. The molecule has 0 aliphatic carbocycles. The van der Waals surface area contributed by atoms with Crippen LogP contribution in [0.2, 0.25) is 0 Å². The van der Waals surface area contributed by atoms with E-state index in [0.717, 1.165) is 5.69 Å². The molecule has 178 valence electrons. The van der Waals surface area contributed by atoms with Gasteiger partial charge in [-0.3, -0.25) is 4.79 Å². The summed E-state index contributed by atoms with van der Waals surface area (Å²) in [6.45, 7) is 11.3. The van der Waals surface area contributed by atoms with Gasteiger partial charge in [0.2, 0.25) is 10.0 Å². The highest BCUT2D eigenvalue weighted by molar-refractivity contribution is 7.89. The Morgan fingerprint density at radius 3 is 2.15 bits per heavy atom. The van der Waals surface area contributed by atoms with Crippen LogP contribution in [0.5, 0.6) is 5.75 Å². The topological polar surface area (TPSA) is 103 Å². The van der Waals surface area contributed by atoms with E-state index in [0.29, 0.717) is 43.2 Å². The number of sulfonamides is 1. The van der Waals surface area contributed by atoms with Gasteiger partial charge in [-0.05, 0) is 63.2 Å². The summed E-state index contributed by atoms with van der Waals surface area (Å²) in [5, 5.41) is 11.8. The lowest BCUT2D eigenvalue weighted by Gasteiger charge is -2.26. The standard InChI is InChI=1S/C24H32N4O4S/c1-6-27(7-2)23-15-14-21(33(30,31)28(8-3)9-4)16-22(23)26-24(29)18(5)32-20-12-10-19(17-25)11-13-20/h10-16,18H,6-9H2,1-5H3,(H,26,29). The minimum Gasteiger partial charge on any atom is -0.481 e. The van der Waals surface area contributed by atoms with Crippen LogP contribution in [0.25, 0.3) is 0 Å². The van der Waals surface area contributed by atoms with Crippen molar-refractivity contribution >= 4 is 27.3 Å². The van der Waals surface area contributed by atoms with E-state index in [1.807, 2.05) is 24.8 Å². The molecule has 2 aromatic rings. The van der Waals surface area contributed by atoms with Crippen molar-refractivity contribution in [2.24, 2.45) is 0 Å². The zero-order valence-electron chi connectivity index (χ0n) is 19.8. The molecule has 1 atom stereocenters. The van der Waals surface area contributed by atoms with Crippen molar-refractivity contribution in [2.45, 2.75) is 45.6 Å². The number of nitrogens with one attached hydrogen (secondary N) is 1. The highest BCUT2D eigenvalue weighted by atomic mass is 32.2. The van der Waals surface area contributed by atoms with Crippen molar-refractivity contribution in [1.82, 2.24) is 4.31 Å². The first kappa shape index (κ1) is 26.2. The number of carbonyl (C=O) groups is 1. The number of benzene rings is 2. The number of nitriles is 1. The second-order valence-electron chi connectivity index (χ2n) is 7.33. The van der Waals surface area contributed by atoms with Crippen LogP contribution in [0.1, 0.15) is 40.2 Å². The molecule has 8 nitrogen and oxygen atoms in total. The van der Waals surface area contributed by atoms with Crippen LogP contribution in [0, 0.1) is 11.3 Å². The third-order valence-electron chi connectivity index (χ3n) is 5.34. The van der Waals surface area contributed by atoms with Crippen LogP contribution in [0.4, 0.5) is 11.4 Å². The molecule has 33 heavy (non-hydrogen) atoms. The van der Waals surface area contributed by atoms with E-state index >= 15 is 0 Å². The number of amides is 1. The fraction of sp³-hybridized carbons (Fsp3) is 0.417. The summed E-state index contributed by atoms with van der Waals surface area (Å²) in [6, 6.07) is 13.3. The molecule has 0 radical (unpaired) electrons. The van der Waals surface area contributed by atoms with Gasteiger partial charge in [0.1, 0.15) is 5.75 Å². The SMILES string of the molecule is CCN(CC)c1ccc(S(=O)(=O)N(CC)CC)cc1NC(=O)C(C)Oc1ccc(C#N)cc1. The monoisotopic (exact) mass is 472 g/mol. The summed E-state index contributed by atoms with van der Waals surface area (Å²) in [7, 11) is -3.68. The van der Waals surface area contributed by atoms with Gasteiger partial charge in [0.05, 0.1) is 27.9 Å². The van der Waals surface area contributed by atoms with Crippen LogP contribution in [0.15, 0.2) is 47.4 Å². The largest absolute Gasteiger partial charge is 0.481 e. The molecule has 2 rings (SSSR count). The molecule has 9 heteroatoms. The number of carbonyl (C=O) groups excluding carboxylic acids is 1. The molecule has 0 aliphatic rings. The first-order chi connectivity index (χ1) is 15.7. The lowest BCUT2D eigenvalue weighted by molar-refractivity contribution is -0.122. The van der Waals surface area contributed by atoms with Crippen molar-refractivity contribution in [3.05, 3.63) is 48.0 Å². The highest BCUT2D eigenvalue weighted by Gasteiger charge is 2.25. The van der Waals surface area contributed by atoms with Gasteiger partial charge in [-0.25, -0.2) is 8.42 Å². The lowest BCUT2D eigenvalue weighted by atomic mass is 10.2. The van der Waals surface area contributed by atoms with Gasteiger partial charge >= 0.3 is 0 Å². The predicted molar refractivity (Wildman–Crippen MR) is 130 cm³/mol. The van der Waals surface area contributed by atoms with E-state index in [1.165, 1.54) is 10.4 Å². The molecule has 0 fully saturated rings. The molecule has 0 saturated heterocycles. The average Bonchev–Trinajstić information content (AvgIpc) is 2.81. The van der Waals surface area contributed by atoms with E-state index in [2.05, 4.69) is 5.32 Å². The Kier molecular flexibility index (Phi) is 9.26. The summed E-state index contributed by atoms with van der Waals surface area (Å²) in [5.41, 5.74) is 1.64. The molecule has 0 saturated carbocycles. The summed E-state index contributed by atoms with van der Waals surface area (Å²) in [6.07, 6.45) is -0.842. The van der Waals surface area contributed by atoms with Gasteiger partial charge in [-0.15, -0.1) is 0 Å².